The molecule has 0 aromatic heterocycles. The zero-order chi connectivity index (χ0) is 9.97. The highest BCUT2D eigenvalue weighted by atomic mass is 79.9. The van der Waals surface area contributed by atoms with Crippen molar-refractivity contribution in [2.75, 3.05) is 31.2 Å². The molecule has 14 heavy (non-hydrogen) atoms. The minimum atomic E-state index is 0.781. The average Bonchev–Trinajstić information content (AvgIpc) is 2.23. The van der Waals surface area contributed by atoms with Crippen molar-refractivity contribution in [3.63, 3.8) is 0 Å². The Morgan fingerprint density at radius 3 is 2.71 bits per heavy atom. The summed E-state index contributed by atoms with van der Waals surface area (Å²) in [6.07, 6.45) is 0. The molecule has 1 aromatic carbocycles. The molecule has 1 heterocycles. The quantitative estimate of drug-likeness (QED) is 0.782. The number of morpholine rings is 1. The lowest BCUT2D eigenvalue weighted by Gasteiger charge is -2.29. The molecule has 1 aliphatic rings. The number of hydrogen-bond acceptors (Lipinski definition) is 2. The van der Waals surface area contributed by atoms with E-state index < -0.39 is 0 Å². The van der Waals surface area contributed by atoms with Crippen LogP contribution in [0.3, 0.4) is 0 Å². The van der Waals surface area contributed by atoms with Crippen molar-refractivity contribution in [1.82, 2.24) is 0 Å². The first-order valence-electron chi connectivity index (χ1n) is 4.55. The van der Waals surface area contributed by atoms with Crippen molar-refractivity contribution in [2.45, 2.75) is 0 Å². The van der Waals surface area contributed by atoms with Gasteiger partial charge in [-0.05, 0) is 18.2 Å². The molecule has 0 spiro atoms. The van der Waals surface area contributed by atoms with Crippen LogP contribution in [0.4, 0.5) is 5.69 Å². The summed E-state index contributed by atoms with van der Waals surface area (Å²) in [6, 6.07) is 5.91. The summed E-state index contributed by atoms with van der Waals surface area (Å²) in [5, 5.41) is 0.801. The SMILES string of the molecule is Clc1ccc(Br)cc1N1CCOCC1. The molecule has 2 rings (SSSR count). The van der Waals surface area contributed by atoms with E-state index in [1.54, 1.807) is 0 Å². The van der Waals surface area contributed by atoms with Crippen LogP contribution in [0.15, 0.2) is 22.7 Å². The number of halogens is 2. The van der Waals surface area contributed by atoms with E-state index in [0.29, 0.717) is 0 Å². The average molecular weight is 277 g/mol. The zero-order valence-electron chi connectivity index (χ0n) is 7.67. The van der Waals surface area contributed by atoms with Crippen molar-refractivity contribution in [3.8, 4) is 0 Å². The van der Waals surface area contributed by atoms with E-state index in [0.717, 1.165) is 41.5 Å². The Hall–Kier alpha value is -0.250. The van der Waals surface area contributed by atoms with Crippen molar-refractivity contribution in [2.24, 2.45) is 0 Å². The molecule has 1 aliphatic heterocycles. The van der Waals surface area contributed by atoms with Crippen LogP contribution in [0.2, 0.25) is 5.02 Å². The first kappa shape index (κ1) is 10.3. The topological polar surface area (TPSA) is 12.5 Å². The lowest BCUT2D eigenvalue weighted by atomic mass is 10.2. The first-order chi connectivity index (χ1) is 6.77. The summed E-state index contributed by atoms with van der Waals surface area (Å²) in [7, 11) is 0. The Labute approximate surface area is 96.9 Å². The number of anilines is 1. The Kier molecular flexibility index (Phi) is 3.31. The Bertz CT molecular complexity index is 326. The fourth-order valence-corrected chi connectivity index (χ4v) is 2.12. The highest BCUT2D eigenvalue weighted by Gasteiger charge is 2.13. The fraction of sp³-hybridized carbons (Fsp3) is 0.400. The van der Waals surface area contributed by atoms with Crippen LogP contribution in [0, 0.1) is 0 Å². The largest absolute Gasteiger partial charge is 0.378 e. The van der Waals surface area contributed by atoms with Gasteiger partial charge in [0.1, 0.15) is 0 Å². The van der Waals surface area contributed by atoms with Gasteiger partial charge in [0, 0.05) is 17.6 Å². The van der Waals surface area contributed by atoms with Gasteiger partial charge >= 0.3 is 0 Å². The second kappa shape index (κ2) is 4.51. The predicted molar refractivity (Wildman–Crippen MR) is 62.2 cm³/mol. The van der Waals surface area contributed by atoms with E-state index in [2.05, 4.69) is 20.8 Å². The maximum atomic E-state index is 6.13. The summed E-state index contributed by atoms with van der Waals surface area (Å²) >= 11 is 9.57. The van der Waals surface area contributed by atoms with Crippen LogP contribution < -0.4 is 4.90 Å². The van der Waals surface area contributed by atoms with Crippen LogP contribution in [-0.2, 0) is 4.74 Å². The molecule has 2 nitrogen and oxygen atoms in total. The predicted octanol–water partition coefficient (Wildman–Crippen LogP) is 2.94. The molecule has 76 valence electrons. The van der Waals surface area contributed by atoms with Gasteiger partial charge in [0.15, 0.2) is 0 Å². The van der Waals surface area contributed by atoms with E-state index in [4.69, 9.17) is 16.3 Å². The molecule has 0 amide bonds. The van der Waals surface area contributed by atoms with Gasteiger partial charge in [0.05, 0.1) is 23.9 Å². The monoisotopic (exact) mass is 275 g/mol. The first-order valence-corrected chi connectivity index (χ1v) is 5.72. The van der Waals surface area contributed by atoms with Crippen LogP contribution >= 0.6 is 27.5 Å². The number of ether oxygens (including phenoxy) is 1. The summed E-state index contributed by atoms with van der Waals surface area (Å²) in [6.45, 7) is 3.39. The van der Waals surface area contributed by atoms with Crippen LogP contribution in [-0.4, -0.2) is 26.3 Å². The van der Waals surface area contributed by atoms with E-state index in [-0.39, 0.29) is 0 Å². The summed E-state index contributed by atoms with van der Waals surface area (Å²) < 4.78 is 6.35. The Morgan fingerprint density at radius 2 is 2.00 bits per heavy atom. The maximum absolute atomic E-state index is 6.13. The van der Waals surface area contributed by atoms with E-state index in [9.17, 15) is 0 Å². The van der Waals surface area contributed by atoms with Gasteiger partial charge < -0.3 is 9.64 Å². The van der Waals surface area contributed by atoms with Crippen LogP contribution in [0.5, 0.6) is 0 Å². The van der Waals surface area contributed by atoms with E-state index in [1.165, 1.54) is 0 Å². The lowest BCUT2D eigenvalue weighted by molar-refractivity contribution is 0.122. The normalized spacial score (nSPS) is 17.1. The third kappa shape index (κ3) is 2.22. The molecule has 0 radical (unpaired) electrons. The smallest absolute Gasteiger partial charge is 0.0642 e. The molecule has 0 bridgehead atoms. The minimum absolute atomic E-state index is 0.781. The summed E-state index contributed by atoms with van der Waals surface area (Å²) in [5.41, 5.74) is 1.09. The molecule has 0 N–H and O–H groups in total. The molecule has 1 aromatic rings. The molecular weight excluding hydrogens is 265 g/mol. The third-order valence-corrected chi connectivity index (χ3v) is 3.07. The van der Waals surface area contributed by atoms with Crippen molar-refractivity contribution in [3.05, 3.63) is 27.7 Å². The van der Waals surface area contributed by atoms with Gasteiger partial charge in [-0.25, -0.2) is 0 Å². The summed E-state index contributed by atoms with van der Waals surface area (Å²) in [5.74, 6) is 0. The molecule has 0 aliphatic carbocycles. The van der Waals surface area contributed by atoms with E-state index in [1.807, 2.05) is 18.2 Å². The number of hydrogen-bond donors (Lipinski definition) is 0. The van der Waals surface area contributed by atoms with Crippen molar-refractivity contribution < 1.29 is 4.74 Å². The van der Waals surface area contributed by atoms with Crippen LogP contribution in [0.25, 0.3) is 0 Å². The molecule has 0 unspecified atom stereocenters. The Balaban J connectivity index is 2.24. The zero-order valence-corrected chi connectivity index (χ0v) is 10.0. The number of rotatable bonds is 1. The third-order valence-electron chi connectivity index (χ3n) is 2.26. The van der Waals surface area contributed by atoms with Gasteiger partial charge in [0.2, 0.25) is 0 Å². The lowest BCUT2D eigenvalue weighted by Crippen LogP contribution is -2.36. The van der Waals surface area contributed by atoms with Gasteiger partial charge in [-0.3, -0.25) is 0 Å². The fourth-order valence-electron chi connectivity index (χ4n) is 1.53. The summed E-state index contributed by atoms with van der Waals surface area (Å²) in [4.78, 5) is 2.25. The standard InChI is InChI=1S/C10H11BrClNO/c11-8-1-2-9(12)10(7-8)13-3-5-14-6-4-13/h1-2,7H,3-6H2. The van der Waals surface area contributed by atoms with Crippen molar-refractivity contribution >= 4 is 33.2 Å². The van der Waals surface area contributed by atoms with Gasteiger partial charge in [-0.1, -0.05) is 27.5 Å². The molecule has 1 saturated heterocycles. The highest BCUT2D eigenvalue weighted by molar-refractivity contribution is 9.10. The molecule has 4 heteroatoms. The van der Waals surface area contributed by atoms with Gasteiger partial charge in [-0.15, -0.1) is 0 Å². The minimum Gasteiger partial charge on any atom is -0.378 e. The number of benzene rings is 1. The highest BCUT2D eigenvalue weighted by Crippen LogP contribution is 2.29. The second-order valence-corrected chi connectivity index (χ2v) is 4.52. The molecule has 1 fully saturated rings. The maximum Gasteiger partial charge on any atom is 0.0642 e. The number of nitrogens with zero attached hydrogens (tertiary/aromatic N) is 1. The van der Waals surface area contributed by atoms with Gasteiger partial charge in [0.25, 0.3) is 0 Å². The Morgan fingerprint density at radius 1 is 1.29 bits per heavy atom. The van der Waals surface area contributed by atoms with E-state index >= 15 is 0 Å². The second-order valence-electron chi connectivity index (χ2n) is 3.20. The van der Waals surface area contributed by atoms with Gasteiger partial charge in [-0.2, -0.15) is 0 Å². The van der Waals surface area contributed by atoms with Crippen molar-refractivity contribution in [1.29, 1.82) is 0 Å². The molecule has 0 atom stereocenters. The van der Waals surface area contributed by atoms with Crippen LogP contribution in [0.1, 0.15) is 0 Å². The molecular formula is C10H11BrClNO. The molecule has 0 saturated carbocycles.